The smallest absolute Gasteiger partial charge is 0.406 e. The Morgan fingerprint density at radius 3 is 2.50 bits per heavy atom. The van der Waals surface area contributed by atoms with Crippen molar-refractivity contribution in [1.29, 1.82) is 0 Å². The van der Waals surface area contributed by atoms with Gasteiger partial charge >= 0.3 is 6.36 Å². The highest BCUT2D eigenvalue weighted by Gasteiger charge is 2.31. The zero-order valence-electron chi connectivity index (χ0n) is 22.9. The minimum atomic E-state index is -4.76. The average molecular weight is 599 g/mol. The summed E-state index contributed by atoms with van der Waals surface area (Å²) in [6, 6.07) is 14.9. The van der Waals surface area contributed by atoms with Crippen LogP contribution in [0.2, 0.25) is 0 Å². The number of azo groups is 1. The van der Waals surface area contributed by atoms with Crippen molar-refractivity contribution in [3.8, 4) is 17.0 Å². The molecule has 3 aromatic rings. The Bertz CT molecular complexity index is 1470. The summed E-state index contributed by atoms with van der Waals surface area (Å²) >= 11 is 6.33. The second-order valence-electron chi connectivity index (χ2n) is 10.4. The van der Waals surface area contributed by atoms with Crippen LogP contribution in [-0.2, 0) is 6.54 Å². The molecule has 2 aliphatic rings. The summed E-state index contributed by atoms with van der Waals surface area (Å²) in [7, 11) is 0. The summed E-state index contributed by atoms with van der Waals surface area (Å²) in [5.41, 5.74) is 3.73. The summed E-state index contributed by atoms with van der Waals surface area (Å²) in [4.78, 5) is 16.8. The molecule has 1 saturated carbocycles. The van der Waals surface area contributed by atoms with E-state index in [-0.39, 0.29) is 28.9 Å². The van der Waals surface area contributed by atoms with Crippen LogP contribution in [-0.4, -0.2) is 39.9 Å². The lowest BCUT2D eigenvalue weighted by atomic mass is 9.79. The molecule has 42 heavy (non-hydrogen) atoms. The molecule has 220 valence electrons. The van der Waals surface area contributed by atoms with Crippen molar-refractivity contribution >= 4 is 23.5 Å². The van der Waals surface area contributed by atoms with Crippen molar-refractivity contribution in [3.63, 3.8) is 0 Å². The lowest BCUT2D eigenvalue weighted by molar-refractivity contribution is -0.274. The Hall–Kier alpha value is -3.99. The first kappa shape index (κ1) is 29.5. The Morgan fingerprint density at radius 2 is 1.81 bits per heavy atom. The molecule has 1 unspecified atom stereocenters. The number of aromatic nitrogens is 2. The third-order valence-electron chi connectivity index (χ3n) is 7.50. The molecule has 8 nitrogen and oxygen atoms in total. The lowest BCUT2D eigenvalue weighted by Gasteiger charge is -2.29. The van der Waals surface area contributed by atoms with E-state index in [4.69, 9.17) is 16.7 Å². The van der Waals surface area contributed by atoms with Crippen LogP contribution in [0.1, 0.15) is 60.1 Å². The number of nitrogens with one attached hydrogen (secondary N) is 1. The van der Waals surface area contributed by atoms with E-state index in [1.807, 2.05) is 22.9 Å². The summed E-state index contributed by atoms with van der Waals surface area (Å²) in [5, 5.41) is 15.5. The van der Waals surface area contributed by atoms with Gasteiger partial charge in [0.25, 0.3) is 5.91 Å². The predicted molar refractivity (Wildman–Crippen MR) is 154 cm³/mol. The van der Waals surface area contributed by atoms with Gasteiger partial charge in [-0.15, -0.1) is 29.9 Å². The van der Waals surface area contributed by atoms with E-state index in [0.29, 0.717) is 30.1 Å². The van der Waals surface area contributed by atoms with Gasteiger partial charge in [0.2, 0.25) is 5.96 Å². The number of halogens is 4. The molecule has 1 aliphatic carbocycles. The molecule has 2 aromatic carbocycles. The number of guanidine groups is 1. The number of benzene rings is 2. The van der Waals surface area contributed by atoms with Crippen molar-refractivity contribution in [2.45, 2.75) is 56.8 Å². The predicted octanol–water partition coefficient (Wildman–Crippen LogP) is 7.46. The van der Waals surface area contributed by atoms with E-state index in [1.165, 1.54) is 18.3 Å². The standard InChI is InChI=1S/C30H30ClF3N6O2/c1-19(21-7-11-24(31)12-8-21)26-17-27(22-9-13-25(14-10-22)42-30(32,33)34)40(39-26)18-20-3-5-23(6-4-20)28(41)37-29-35-15-2-16-36-38-29/h2-6,9-10,13-14,16-17,19,21,24H,7-8,11-12,15,18H2,1H3,(H,35,37,41). The second kappa shape index (κ2) is 12.9. The van der Waals surface area contributed by atoms with E-state index in [9.17, 15) is 18.0 Å². The zero-order chi connectivity index (χ0) is 29.7. The molecule has 0 bridgehead atoms. The maximum Gasteiger partial charge on any atom is 0.573 e. The van der Waals surface area contributed by atoms with Crippen LogP contribution in [0.25, 0.3) is 11.3 Å². The van der Waals surface area contributed by atoms with E-state index >= 15 is 0 Å². The first-order valence-corrected chi connectivity index (χ1v) is 14.2. The van der Waals surface area contributed by atoms with Crippen molar-refractivity contribution in [1.82, 2.24) is 15.1 Å². The van der Waals surface area contributed by atoms with Gasteiger partial charge in [-0.3, -0.25) is 14.8 Å². The molecule has 1 aliphatic heterocycles. The largest absolute Gasteiger partial charge is 0.573 e. The average Bonchev–Trinajstić information content (AvgIpc) is 3.20. The molecule has 1 N–H and O–H groups in total. The van der Waals surface area contributed by atoms with Crippen LogP contribution < -0.4 is 10.1 Å². The van der Waals surface area contributed by atoms with E-state index < -0.39 is 6.36 Å². The maximum absolute atomic E-state index is 12.7. The molecular formula is C30H30ClF3N6O2. The van der Waals surface area contributed by atoms with Crippen molar-refractivity contribution < 1.29 is 22.7 Å². The van der Waals surface area contributed by atoms with Gasteiger partial charge in [0.15, 0.2) is 0 Å². The van der Waals surface area contributed by atoms with E-state index in [0.717, 1.165) is 42.6 Å². The number of aliphatic imine (C=N–C) groups is 1. The fourth-order valence-electron chi connectivity index (χ4n) is 5.19. The Labute approximate surface area is 246 Å². The van der Waals surface area contributed by atoms with Gasteiger partial charge in [-0.2, -0.15) is 10.2 Å². The van der Waals surface area contributed by atoms with Gasteiger partial charge < -0.3 is 4.74 Å². The Kier molecular flexibility index (Phi) is 9.06. The Morgan fingerprint density at radius 1 is 1.10 bits per heavy atom. The third-order valence-corrected chi connectivity index (χ3v) is 7.94. The quantitative estimate of drug-likeness (QED) is 0.286. The molecule has 0 spiro atoms. The topological polar surface area (TPSA) is 93.2 Å². The number of ether oxygens (including phenoxy) is 1. The van der Waals surface area contributed by atoms with Crippen LogP contribution in [0, 0.1) is 5.92 Å². The molecule has 1 fully saturated rings. The van der Waals surface area contributed by atoms with Gasteiger partial charge in [0.05, 0.1) is 24.5 Å². The minimum Gasteiger partial charge on any atom is -0.406 e. The van der Waals surface area contributed by atoms with Gasteiger partial charge in [0, 0.05) is 28.6 Å². The van der Waals surface area contributed by atoms with Crippen molar-refractivity contribution in [2.24, 2.45) is 21.1 Å². The number of carbonyl (C=O) groups is 1. The summed E-state index contributed by atoms with van der Waals surface area (Å²) < 4.78 is 44.0. The van der Waals surface area contributed by atoms with Crippen molar-refractivity contribution in [2.75, 3.05) is 6.54 Å². The molecule has 1 aromatic heterocycles. The second-order valence-corrected chi connectivity index (χ2v) is 11.0. The van der Waals surface area contributed by atoms with Crippen LogP contribution in [0.4, 0.5) is 13.2 Å². The normalized spacial score (nSPS) is 19.6. The molecule has 12 heteroatoms. The van der Waals surface area contributed by atoms with E-state index in [2.05, 4.69) is 32.2 Å². The lowest BCUT2D eigenvalue weighted by Crippen LogP contribution is -2.29. The van der Waals surface area contributed by atoms with Crippen molar-refractivity contribution in [3.05, 3.63) is 83.7 Å². The van der Waals surface area contributed by atoms with E-state index in [1.54, 1.807) is 30.3 Å². The fraction of sp³-hybridized carbons (Fsp3) is 0.367. The monoisotopic (exact) mass is 598 g/mol. The first-order chi connectivity index (χ1) is 20.1. The number of carbonyl (C=O) groups excluding carboxylic acids is 1. The fourth-order valence-corrected chi connectivity index (χ4v) is 5.44. The van der Waals surface area contributed by atoms with Gasteiger partial charge in [0.1, 0.15) is 5.75 Å². The number of nitrogens with zero attached hydrogens (tertiary/aromatic N) is 5. The van der Waals surface area contributed by atoms with Crippen LogP contribution in [0.3, 0.4) is 0 Å². The molecule has 2 heterocycles. The van der Waals surface area contributed by atoms with Gasteiger partial charge in [-0.25, -0.2) is 4.99 Å². The molecule has 5 rings (SSSR count). The third kappa shape index (κ3) is 7.64. The highest BCUT2D eigenvalue weighted by Crippen LogP contribution is 2.38. The molecule has 1 amide bonds. The zero-order valence-corrected chi connectivity index (χ0v) is 23.6. The maximum atomic E-state index is 12.7. The number of rotatable bonds is 7. The first-order valence-electron chi connectivity index (χ1n) is 13.7. The highest BCUT2D eigenvalue weighted by molar-refractivity contribution is 6.20. The number of alkyl halides is 4. The summed E-state index contributed by atoms with van der Waals surface area (Å²) in [6.07, 6.45) is 2.46. The number of hydrogen-bond acceptors (Lipinski definition) is 6. The number of hydrogen-bond donors (Lipinski definition) is 1. The molecule has 1 atom stereocenters. The summed E-state index contributed by atoms with van der Waals surface area (Å²) in [5.74, 6) is 0.135. The van der Waals surface area contributed by atoms with Gasteiger partial charge in [-0.1, -0.05) is 19.1 Å². The van der Waals surface area contributed by atoms with Crippen LogP contribution >= 0.6 is 11.6 Å². The Balaban J connectivity index is 1.37. The summed E-state index contributed by atoms with van der Waals surface area (Å²) in [6.45, 7) is 2.93. The van der Waals surface area contributed by atoms with Gasteiger partial charge in [-0.05, 0) is 85.7 Å². The molecular weight excluding hydrogens is 569 g/mol. The highest BCUT2D eigenvalue weighted by atomic mass is 35.5. The van der Waals surface area contributed by atoms with Crippen LogP contribution in [0.15, 0.2) is 82.1 Å². The number of amides is 1. The minimum absolute atomic E-state index is 0.142. The SMILES string of the molecule is CC(c1cc(-c2ccc(OC(F)(F)F)cc2)n(Cc2ccc(C(=O)NC3=NCC=CN=N3)cc2)n1)C1CCC(Cl)CC1. The van der Waals surface area contributed by atoms with Crippen LogP contribution in [0.5, 0.6) is 5.75 Å². The molecule has 0 radical (unpaired) electrons. The molecule has 0 saturated heterocycles.